The average Bonchev–Trinajstić information content (AvgIpc) is 3.37. The van der Waals surface area contributed by atoms with Crippen molar-refractivity contribution >= 4 is 22.9 Å². The topological polar surface area (TPSA) is 96.4 Å². The number of nitrogens with zero attached hydrogens (tertiary/aromatic N) is 2. The molecule has 1 saturated heterocycles. The van der Waals surface area contributed by atoms with Gasteiger partial charge in [0.25, 0.3) is 5.91 Å². The van der Waals surface area contributed by atoms with E-state index in [1.165, 1.54) is 23.8 Å². The number of carbonyl (C=O) groups excluding carboxylic acids is 1. The molecule has 2 atom stereocenters. The monoisotopic (exact) mass is 432 g/mol. The van der Waals surface area contributed by atoms with E-state index in [0.29, 0.717) is 31.0 Å². The van der Waals surface area contributed by atoms with Crippen LogP contribution in [0.5, 0.6) is 5.75 Å². The number of β-amino-alcohol motifs (C(OH)–C–C–N with tert-alkyl or cyclic N) is 1. The van der Waals surface area contributed by atoms with Crippen LogP contribution in [0.1, 0.15) is 16.9 Å². The van der Waals surface area contributed by atoms with Crippen molar-refractivity contribution in [3.05, 3.63) is 59.4 Å². The van der Waals surface area contributed by atoms with Gasteiger partial charge in [-0.2, -0.15) is 0 Å². The Hall–Kier alpha value is -2.95. The molecule has 3 aromatic rings. The number of aromatic nitrogens is 2. The first-order valence-corrected chi connectivity index (χ1v) is 10.1. The summed E-state index contributed by atoms with van der Waals surface area (Å²) in [4.78, 5) is 20.7. The van der Waals surface area contributed by atoms with Crippen molar-refractivity contribution in [2.45, 2.75) is 18.6 Å². The number of benzene rings is 1. The smallest absolute Gasteiger partial charge is 0.275 e. The molecule has 3 N–H and O–H groups in total. The number of amides is 1. The highest BCUT2D eigenvalue weighted by Crippen LogP contribution is 2.30. The van der Waals surface area contributed by atoms with Gasteiger partial charge in [0.05, 0.1) is 17.9 Å². The molecule has 30 heavy (non-hydrogen) atoms. The molecule has 0 bridgehead atoms. The number of rotatable bonds is 6. The van der Waals surface area contributed by atoms with Gasteiger partial charge in [0, 0.05) is 30.2 Å². The molecule has 0 saturated carbocycles. The number of anilines is 1. The molecule has 1 aromatic carbocycles. The first-order valence-electron chi connectivity index (χ1n) is 9.21. The fraction of sp³-hybridized carbons (Fsp3) is 0.250. The van der Waals surface area contributed by atoms with Crippen molar-refractivity contribution in [1.29, 1.82) is 0 Å². The Labute approximate surface area is 174 Å². The zero-order valence-electron chi connectivity index (χ0n) is 15.6. The molecule has 10 heteroatoms. The zero-order valence-corrected chi connectivity index (χ0v) is 16.5. The molecule has 156 valence electrons. The van der Waals surface area contributed by atoms with Gasteiger partial charge in [-0.3, -0.25) is 9.78 Å². The fourth-order valence-electron chi connectivity index (χ4n) is 3.10. The van der Waals surface area contributed by atoms with E-state index in [1.54, 1.807) is 6.07 Å². The van der Waals surface area contributed by atoms with E-state index < -0.39 is 23.6 Å². The maximum atomic E-state index is 14.0. The van der Waals surface area contributed by atoms with Gasteiger partial charge in [-0.25, -0.2) is 13.8 Å². The molecule has 2 aromatic heterocycles. The highest BCUT2D eigenvalue weighted by Gasteiger charge is 2.23. The summed E-state index contributed by atoms with van der Waals surface area (Å²) < 4.78 is 33.7. The lowest BCUT2D eigenvalue weighted by Crippen LogP contribution is -2.28. The number of aliphatic hydroxyl groups excluding tert-OH is 1. The van der Waals surface area contributed by atoms with Crippen molar-refractivity contribution in [2.24, 2.45) is 0 Å². The molecule has 0 radical (unpaired) electrons. The Morgan fingerprint density at radius 2 is 2.13 bits per heavy atom. The summed E-state index contributed by atoms with van der Waals surface area (Å²) in [5, 5.41) is 16.9. The standard InChI is InChI=1S/C20H18F2N4O3S/c21-13-2-1-3-14(22)18(13)20-26-16(10-30-20)19(28)25-15-8-23-5-4-17(15)29-9-11-6-12(27)7-24-11/h1-5,8,10-12,24,27H,6-7,9H2,(H,25,28). The predicted molar refractivity (Wildman–Crippen MR) is 108 cm³/mol. The molecule has 1 aliphatic rings. The van der Waals surface area contributed by atoms with Gasteiger partial charge in [-0.1, -0.05) is 6.07 Å². The second-order valence-corrected chi connectivity index (χ2v) is 7.62. The van der Waals surface area contributed by atoms with Crippen LogP contribution < -0.4 is 15.4 Å². The van der Waals surface area contributed by atoms with Crippen LogP contribution in [-0.4, -0.2) is 46.3 Å². The van der Waals surface area contributed by atoms with E-state index in [9.17, 15) is 18.7 Å². The summed E-state index contributed by atoms with van der Waals surface area (Å²) in [5.74, 6) is -1.63. The Bertz CT molecular complexity index is 1040. The minimum Gasteiger partial charge on any atom is -0.490 e. The van der Waals surface area contributed by atoms with E-state index in [2.05, 4.69) is 20.6 Å². The normalized spacial score (nSPS) is 18.4. The number of ether oxygens (including phenoxy) is 1. The van der Waals surface area contributed by atoms with Crippen LogP contribution >= 0.6 is 11.3 Å². The van der Waals surface area contributed by atoms with E-state index >= 15 is 0 Å². The second kappa shape index (κ2) is 8.82. The first-order chi connectivity index (χ1) is 14.5. The summed E-state index contributed by atoms with van der Waals surface area (Å²) in [6, 6.07) is 5.16. The number of halogens is 2. The Kier molecular flexibility index (Phi) is 5.98. The highest BCUT2D eigenvalue weighted by atomic mass is 32.1. The van der Waals surface area contributed by atoms with Crippen LogP contribution in [0, 0.1) is 11.6 Å². The van der Waals surface area contributed by atoms with Crippen molar-refractivity contribution in [3.8, 4) is 16.3 Å². The van der Waals surface area contributed by atoms with Crippen LogP contribution in [0.4, 0.5) is 14.5 Å². The predicted octanol–water partition coefficient (Wildman–Crippen LogP) is 2.84. The van der Waals surface area contributed by atoms with Crippen molar-refractivity contribution < 1.29 is 23.4 Å². The Morgan fingerprint density at radius 3 is 2.87 bits per heavy atom. The quantitative estimate of drug-likeness (QED) is 0.554. The summed E-state index contributed by atoms with van der Waals surface area (Å²) in [5.41, 5.74) is 0.0962. The summed E-state index contributed by atoms with van der Waals surface area (Å²) in [6.45, 7) is 0.833. The molecule has 0 spiro atoms. The maximum absolute atomic E-state index is 14.0. The maximum Gasteiger partial charge on any atom is 0.275 e. The fourth-order valence-corrected chi connectivity index (χ4v) is 3.94. The third-order valence-electron chi connectivity index (χ3n) is 4.58. The Balaban J connectivity index is 1.46. The van der Waals surface area contributed by atoms with E-state index in [4.69, 9.17) is 4.74 Å². The minimum atomic E-state index is -0.745. The van der Waals surface area contributed by atoms with Crippen molar-refractivity contribution in [3.63, 3.8) is 0 Å². The number of hydrogen-bond acceptors (Lipinski definition) is 7. The van der Waals surface area contributed by atoms with Gasteiger partial charge < -0.3 is 20.5 Å². The van der Waals surface area contributed by atoms with E-state index in [1.807, 2.05) is 0 Å². The zero-order chi connectivity index (χ0) is 21.1. The van der Waals surface area contributed by atoms with Gasteiger partial charge in [-0.05, 0) is 18.6 Å². The average molecular weight is 432 g/mol. The molecule has 1 fully saturated rings. The number of aliphatic hydroxyl groups is 1. The Morgan fingerprint density at radius 1 is 1.33 bits per heavy atom. The third kappa shape index (κ3) is 4.45. The molecule has 0 aliphatic carbocycles. The second-order valence-electron chi connectivity index (χ2n) is 6.77. The van der Waals surface area contributed by atoms with Crippen LogP contribution in [0.3, 0.4) is 0 Å². The van der Waals surface area contributed by atoms with Crippen molar-refractivity contribution in [1.82, 2.24) is 15.3 Å². The molecular formula is C20H18F2N4O3S. The number of nitrogens with one attached hydrogen (secondary N) is 2. The molecule has 4 rings (SSSR count). The molecular weight excluding hydrogens is 414 g/mol. The summed E-state index contributed by atoms with van der Waals surface area (Å²) in [7, 11) is 0. The van der Waals surface area contributed by atoms with Crippen molar-refractivity contribution in [2.75, 3.05) is 18.5 Å². The highest BCUT2D eigenvalue weighted by molar-refractivity contribution is 7.13. The lowest BCUT2D eigenvalue weighted by Gasteiger charge is -2.15. The lowest BCUT2D eigenvalue weighted by atomic mass is 10.2. The third-order valence-corrected chi connectivity index (χ3v) is 5.44. The van der Waals surface area contributed by atoms with Gasteiger partial charge in [0.15, 0.2) is 0 Å². The summed E-state index contributed by atoms with van der Waals surface area (Å²) in [6.07, 6.45) is 3.16. The number of carbonyl (C=O) groups is 1. The van der Waals surface area contributed by atoms with Crippen LogP contribution in [0.15, 0.2) is 42.0 Å². The minimum absolute atomic E-state index is 0.00785. The molecule has 7 nitrogen and oxygen atoms in total. The molecule has 1 aliphatic heterocycles. The van der Waals surface area contributed by atoms with Gasteiger partial charge in [0.2, 0.25) is 0 Å². The largest absolute Gasteiger partial charge is 0.490 e. The number of pyridine rings is 1. The summed E-state index contributed by atoms with van der Waals surface area (Å²) >= 11 is 0.971. The van der Waals surface area contributed by atoms with Crippen LogP contribution in [0.25, 0.3) is 10.6 Å². The van der Waals surface area contributed by atoms with Crippen LogP contribution in [0.2, 0.25) is 0 Å². The van der Waals surface area contributed by atoms with Crippen LogP contribution in [-0.2, 0) is 0 Å². The SMILES string of the molecule is O=C(Nc1cnccc1OCC1CC(O)CN1)c1csc(-c2c(F)cccc2F)n1. The first kappa shape index (κ1) is 20.3. The molecule has 2 unspecified atom stereocenters. The van der Waals surface area contributed by atoms with E-state index in [0.717, 1.165) is 23.5 Å². The number of hydrogen-bond donors (Lipinski definition) is 3. The molecule has 3 heterocycles. The van der Waals surface area contributed by atoms with Gasteiger partial charge in [0.1, 0.15) is 40.4 Å². The molecule has 1 amide bonds. The number of thiazole rings is 1. The van der Waals surface area contributed by atoms with E-state index in [-0.39, 0.29) is 22.3 Å². The van der Waals surface area contributed by atoms with Gasteiger partial charge in [-0.15, -0.1) is 11.3 Å². The lowest BCUT2D eigenvalue weighted by molar-refractivity contribution is 0.102. The van der Waals surface area contributed by atoms with Gasteiger partial charge >= 0.3 is 0 Å².